The van der Waals surface area contributed by atoms with Gasteiger partial charge in [-0.3, -0.25) is 4.79 Å². The molecule has 23 heavy (non-hydrogen) atoms. The molecule has 2 N–H and O–H groups in total. The van der Waals surface area contributed by atoms with Gasteiger partial charge in [0.25, 0.3) is 0 Å². The molecule has 0 heterocycles. The van der Waals surface area contributed by atoms with Crippen molar-refractivity contribution in [2.45, 2.75) is 51.7 Å². The number of carbonyl (C=O) groups excluding carboxylic acids is 1. The summed E-state index contributed by atoms with van der Waals surface area (Å²) >= 11 is 6.14. The molecule has 0 radical (unpaired) electrons. The van der Waals surface area contributed by atoms with E-state index in [2.05, 4.69) is 5.32 Å². The monoisotopic (exact) mass is 361 g/mol. The molecule has 130 valence electrons. The van der Waals surface area contributed by atoms with E-state index in [4.69, 9.17) is 16.3 Å². The van der Waals surface area contributed by atoms with Crippen LogP contribution in [0.15, 0.2) is 12.1 Å². The molecular weight excluding hydrogens is 337 g/mol. The zero-order valence-corrected chi connectivity index (χ0v) is 15.4. The standard InChI is InChI=1S/C17H24ClNO3.ClH/c1-17(2,3)19-9-11(20)10-22-15-8-7-13(18)16-12(15)5-4-6-14(16)21;/h7-8,11,19-20H,4-6,9-10H2,1-3H3;1H. The lowest BCUT2D eigenvalue weighted by atomic mass is 9.90. The minimum absolute atomic E-state index is 0. The van der Waals surface area contributed by atoms with Crippen LogP contribution >= 0.6 is 24.0 Å². The van der Waals surface area contributed by atoms with Crippen LogP contribution in [0.3, 0.4) is 0 Å². The number of ketones is 1. The highest BCUT2D eigenvalue weighted by atomic mass is 35.5. The van der Waals surface area contributed by atoms with E-state index < -0.39 is 6.10 Å². The first-order valence-corrected chi connectivity index (χ1v) is 8.06. The second-order valence-corrected chi connectivity index (χ2v) is 7.18. The van der Waals surface area contributed by atoms with Crippen LogP contribution in [0.4, 0.5) is 0 Å². The Kier molecular flexibility index (Phi) is 7.33. The van der Waals surface area contributed by atoms with Crippen molar-refractivity contribution < 1.29 is 14.6 Å². The van der Waals surface area contributed by atoms with Crippen molar-refractivity contribution in [3.05, 3.63) is 28.3 Å². The van der Waals surface area contributed by atoms with Gasteiger partial charge in [0.1, 0.15) is 18.5 Å². The van der Waals surface area contributed by atoms with E-state index in [-0.39, 0.29) is 30.3 Å². The van der Waals surface area contributed by atoms with Gasteiger partial charge in [-0.25, -0.2) is 0 Å². The summed E-state index contributed by atoms with van der Waals surface area (Å²) < 4.78 is 5.73. The molecule has 0 saturated heterocycles. The highest BCUT2D eigenvalue weighted by Crippen LogP contribution is 2.34. The summed E-state index contributed by atoms with van der Waals surface area (Å²) in [5, 5.41) is 13.7. The molecule has 0 spiro atoms. The van der Waals surface area contributed by atoms with Crippen molar-refractivity contribution in [3.8, 4) is 5.75 Å². The molecule has 0 aliphatic heterocycles. The Bertz CT molecular complexity index is 556. The molecule has 0 aromatic heterocycles. The van der Waals surface area contributed by atoms with Crippen LogP contribution in [0.1, 0.15) is 49.5 Å². The molecule has 6 heteroatoms. The number of rotatable bonds is 5. The zero-order chi connectivity index (χ0) is 16.3. The molecule has 0 bridgehead atoms. The van der Waals surface area contributed by atoms with Gasteiger partial charge in [0.2, 0.25) is 0 Å². The third kappa shape index (κ3) is 5.64. The number of hydrogen-bond donors (Lipinski definition) is 2. The highest BCUT2D eigenvalue weighted by molar-refractivity contribution is 6.34. The summed E-state index contributed by atoms with van der Waals surface area (Å²) in [5.74, 6) is 0.730. The third-order valence-corrected chi connectivity index (χ3v) is 3.94. The number of ether oxygens (including phenoxy) is 1. The maximum absolute atomic E-state index is 12.0. The topological polar surface area (TPSA) is 58.6 Å². The van der Waals surface area contributed by atoms with Crippen molar-refractivity contribution in [1.29, 1.82) is 0 Å². The van der Waals surface area contributed by atoms with Crippen LogP contribution in [0.2, 0.25) is 5.02 Å². The second kappa shape index (κ2) is 8.34. The highest BCUT2D eigenvalue weighted by Gasteiger charge is 2.24. The maximum atomic E-state index is 12.0. The normalized spacial score (nSPS) is 15.6. The summed E-state index contributed by atoms with van der Waals surface area (Å²) in [6.45, 7) is 6.77. The summed E-state index contributed by atoms with van der Waals surface area (Å²) in [6, 6.07) is 3.47. The predicted octanol–water partition coefficient (Wildman–Crippen LogP) is 3.41. The summed E-state index contributed by atoms with van der Waals surface area (Å²) in [7, 11) is 0. The second-order valence-electron chi connectivity index (χ2n) is 6.77. The fourth-order valence-electron chi connectivity index (χ4n) is 2.50. The average Bonchev–Trinajstić information content (AvgIpc) is 2.44. The van der Waals surface area contributed by atoms with Gasteiger partial charge in [-0.15, -0.1) is 12.4 Å². The van der Waals surface area contributed by atoms with Gasteiger partial charge < -0.3 is 15.2 Å². The van der Waals surface area contributed by atoms with Gasteiger partial charge in [0.15, 0.2) is 5.78 Å². The fraction of sp³-hybridized carbons (Fsp3) is 0.588. The van der Waals surface area contributed by atoms with Crippen LogP contribution < -0.4 is 10.1 Å². The number of aliphatic hydroxyl groups is 1. The Morgan fingerprint density at radius 3 is 2.70 bits per heavy atom. The van der Waals surface area contributed by atoms with Gasteiger partial charge in [0, 0.05) is 29.6 Å². The van der Waals surface area contributed by atoms with Gasteiger partial charge >= 0.3 is 0 Å². The number of β-amino-alcohol motifs (C(OH)–C–C–N with tert-alkyl or cyclic N) is 1. The molecule has 1 aliphatic rings. The van der Waals surface area contributed by atoms with Gasteiger partial charge in [0.05, 0.1) is 5.02 Å². The quantitative estimate of drug-likeness (QED) is 0.843. The first-order chi connectivity index (χ1) is 10.3. The molecular formula is C17H25Cl2NO3. The molecule has 1 aromatic carbocycles. The SMILES string of the molecule is CC(C)(C)NCC(O)COc1ccc(Cl)c2c1CCCC2=O.Cl. The Labute approximate surface area is 149 Å². The van der Waals surface area contributed by atoms with E-state index in [1.807, 2.05) is 20.8 Å². The van der Waals surface area contributed by atoms with Crippen molar-refractivity contribution in [1.82, 2.24) is 5.32 Å². The van der Waals surface area contributed by atoms with Gasteiger partial charge in [-0.1, -0.05) is 11.6 Å². The number of benzene rings is 1. The first kappa shape index (κ1) is 20.2. The number of aliphatic hydroxyl groups excluding tert-OH is 1. The van der Waals surface area contributed by atoms with Gasteiger partial charge in [-0.05, 0) is 45.7 Å². The minimum atomic E-state index is -0.607. The largest absolute Gasteiger partial charge is 0.491 e. The smallest absolute Gasteiger partial charge is 0.164 e. The number of carbonyl (C=O) groups is 1. The van der Waals surface area contributed by atoms with Crippen LogP contribution in [-0.2, 0) is 6.42 Å². The molecule has 4 nitrogen and oxygen atoms in total. The number of halogens is 2. The van der Waals surface area contributed by atoms with Crippen LogP contribution in [0.25, 0.3) is 0 Å². The first-order valence-electron chi connectivity index (χ1n) is 7.68. The van der Waals surface area contributed by atoms with E-state index in [1.165, 1.54) is 0 Å². The van der Waals surface area contributed by atoms with Crippen molar-refractivity contribution in [2.24, 2.45) is 0 Å². The lowest BCUT2D eigenvalue weighted by molar-refractivity contribution is 0.0957. The fourth-order valence-corrected chi connectivity index (χ4v) is 2.79. The third-order valence-electron chi connectivity index (χ3n) is 3.63. The Morgan fingerprint density at radius 2 is 2.04 bits per heavy atom. The van der Waals surface area contributed by atoms with Crippen LogP contribution in [0.5, 0.6) is 5.75 Å². The van der Waals surface area contributed by atoms with Crippen molar-refractivity contribution in [3.63, 3.8) is 0 Å². The summed E-state index contributed by atoms with van der Waals surface area (Å²) in [4.78, 5) is 12.0. The Balaban J connectivity index is 0.00000264. The van der Waals surface area contributed by atoms with E-state index in [1.54, 1.807) is 12.1 Å². The predicted molar refractivity (Wildman–Crippen MR) is 95.2 cm³/mol. The van der Waals surface area contributed by atoms with Crippen LogP contribution in [-0.4, -0.2) is 35.7 Å². The zero-order valence-electron chi connectivity index (χ0n) is 13.8. The van der Waals surface area contributed by atoms with Gasteiger partial charge in [-0.2, -0.15) is 0 Å². The van der Waals surface area contributed by atoms with E-state index in [0.29, 0.717) is 29.3 Å². The summed E-state index contributed by atoms with van der Waals surface area (Å²) in [6.07, 6.45) is 1.53. The number of hydrogen-bond acceptors (Lipinski definition) is 4. The average molecular weight is 362 g/mol. The van der Waals surface area contributed by atoms with Crippen molar-refractivity contribution in [2.75, 3.05) is 13.2 Å². The number of nitrogens with one attached hydrogen (secondary N) is 1. The summed E-state index contributed by atoms with van der Waals surface area (Å²) in [5.41, 5.74) is 1.42. The molecule has 1 aliphatic carbocycles. The number of fused-ring (bicyclic) bond motifs is 1. The maximum Gasteiger partial charge on any atom is 0.164 e. The van der Waals surface area contributed by atoms with E-state index >= 15 is 0 Å². The number of Topliss-reactive ketones (excluding diaryl/α,β-unsaturated/α-hetero) is 1. The molecule has 1 unspecified atom stereocenters. The Morgan fingerprint density at radius 1 is 1.35 bits per heavy atom. The minimum Gasteiger partial charge on any atom is -0.491 e. The van der Waals surface area contributed by atoms with Crippen molar-refractivity contribution >= 4 is 29.8 Å². The van der Waals surface area contributed by atoms with E-state index in [9.17, 15) is 9.90 Å². The molecule has 0 saturated carbocycles. The molecule has 0 amide bonds. The lowest BCUT2D eigenvalue weighted by Gasteiger charge is -2.24. The Hall–Kier alpha value is -0.810. The lowest BCUT2D eigenvalue weighted by Crippen LogP contribution is -2.42. The molecule has 1 atom stereocenters. The van der Waals surface area contributed by atoms with E-state index in [0.717, 1.165) is 18.4 Å². The molecule has 0 fully saturated rings. The molecule has 1 aromatic rings. The van der Waals surface area contributed by atoms with Crippen LogP contribution in [0, 0.1) is 0 Å². The molecule has 2 rings (SSSR count).